The minimum Gasteiger partial charge on any atom is -0.497 e. The molecule has 0 saturated heterocycles. The fourth-order valence-corrected chi connectivity index (χ4v) is 4.45. The second-order valence-corrected chi connectivity index (χ2v) is 8.83. The van der Waals surface area contributed by atoms with Crippen LogP contribution in [0.2, 0.25) is 0 Å². The molecule has 0 saturated carbocycles. The number of amides is 1. The minimum absolute atomic E-state index is 0.0851. The Bertz CT molecular complexity index is 1410. The maximum atomic E-state index is 12.7. The lowest BCUT2D eigenvalue weighted by molar-refractivity contribution is -0.113. The summed E-state index contributed by atoms with van der Waals surface area (Å²) < 4.78 is 15.7. The molecule has 1 heterocycles. The molecule has 0 atom stereocenters. The van der Waals surface area contributed by atoms with Gasteiger partial charge in [-0.3, -0.25) is 4.79 Å². The fourth-order valence-electron chi connectivity index (χ4n) is 3.65. The van der Waals surface area contributed by atoms with Crippen LogP contribution in [0.1, 0.15) is 5.56 Å². The topological polar surface area (TPSA) is 93.5 Å². The van der Waals surface area contributed by atoms with Gasteiger partial charge in [0.2, 0.25) is 5.91 Å². The molecule has 7 nitrogen and oxygen atoms in total. The number of hydrogen-bond donors (Lipinski definition) is 1. The van der Waals surface area contributed by atoms with Gasteiger partial charge in [0.15, 0.2) is 0 Å². The maximum absolute atomic E-state index is 12.7. The Morgan fingerprint density at radius 3 is 1.86 bits per heavy atom. The molecule has 4 aromatic rings. The maximum Gasteiger partial charge on any atom is 0.234 e. The molecule has 3 aromatic carbocycles. The zero-order valence-electron chi connectivity index (χ0n) is 20.6. The average molecular weight is 512 g/mol. The van der Waals surface area contributed by atoms with Gasteiger partial charge in [-0.15, -0.1) is 0 Å². The summed E-state index contributed by atoms with van der Waals surface area (Å²) in [6, 6.07) is 26.3. The van der Waals surface area contributed by atoms with Crippen LogP contribution in [0.3, 0.4) is 0 Å². The van der Waals surface area contributed by atoms with E-state index in [1.807, 2.05) is 54.6 Å². The lowest BCUT2D eigenvalue weighted by Gasteiger charge is -2.13. The normalized spacial score (nSPS) is 10.3. The number of pyridine rings is 1. The highest BCUT2D eigenvalue weighted by Gasteiger charge is 2.17. The second-order valence-electron chi connectivity index (χ2n) is 7.87. The molecule has 0 aliphatic carbocycles. The van der Waals surface area contributed by atoms with Gasteiger partial charge in [-0.2, -0.15) is 5.26 Å². The average Bonchev–Trinajstić information content (AvgIpc) is 2.96. The van der Waals surface area contributed by atoms with E-state index in [-0.39, 0.29) is 11.7 Å². The first-order valence-corrected chi connectivity index (χ1v) is 12.3. The van der Waals surface area contributed by atoms with Crippen molar-refractivity contribution in [1.82, 2.24) is 4.98 Å². The number of nitrogens with one attached hydrogen (secondary N) is 1. The number of anilines is 1. The summed E-state index contributed by atoms with van der Waals surface area (Å²) in [7, 11) is 4.81. The summed E-state index contributed by atoms with van der Waals surface area (Å²) in [6.07, 6.45) is 0. The van der Waals surface area contributed by atoms with Gasteiger partial charge in [0.1, 0.15) is 28.3 Å². The SMILES string of the molecule is COc1ccc(NC(=O)CSc2nc(-c3ccc(OC)cc3)cc(-c3ccc(OC)cc3)c2C#N)cc1. The monoisotopic (exact) mass is 511 g/mol. The molecule has 4 rings (SSSR count). The molecule has 0 bridgehead atoms. The number of rotatable bonds is 9. The molecule has 0 fully saturated rings. The van der Waals surface area contributed by atoms with Gasteiger partial charge in [-0.05, 0) is 72.3 Å². The van der Waals surface area contributed by atoms with Gasteiger partial charge in [-0.25, -0.2) is 4.98 Å². The number of hydrogen-bond acceptors (Lipinski definition) is 7. The van der Waals surface area contributed by atoms with Crippen LogP contribution in [0.4, 0.5) is 5.69 Å². The highest BCUT2D eigenvalue weighted by molar-refractivity contribution is 8.00. The number of nitrogens with zero attached hydrogens (tertiary/aromatic N) is 2. The molecule has 0 aliphatic heterocycles. The number of carbonyl (C=O) groups is 1. The molecule has 1 amide bonds. The Hall–Kier alpha value is -4.48. The Morgan fingerprint density at radius 1 is 0.838 bits per heavy atom. The van der Waals surface area contributed by atoms with Crippen molar-refractivity contribution >= 4 is 23.4 Å². The van der Waals surface area contributed by atoms with Crippen LogP contribution in [0, 0.1) is 11.3 Å². The Labute approximate surface area is 220 Å². The first kappa shape index (κ1) is 25.6. The van der Waals surface area contributed by atoms with Gasteiger partial charge in [0, 0.05) is 16.8 Å². The zero-order valence-corrected chi connectivity index (χ0v) is 21.5. The molecule has 1 aromatic heterocycles. The largest absolute Gasteiger partial charge is 0.497 e. The van der Waals surface area contributed by atoms with E-state index in [4.69, 9.17) is 19.2 Å². The molecule has 0 unspecified atom stereocenters. The first-order chi connectivity index (χ1) is 18.0. The van der Waals surface area contributed by atoms with Gasteiger partial charge in [0.25, 0.3) is 0 Å². The predicted octanol–water partition coefficient (Wildman–Crippen LogP) is 6.04. The van der Waals surface area contributed by atoms with E-state index < -0.39 is 0 Å². The number of benzene rings is 3. The summed E-state index contributed by atoms with van der Waals surface area (Å²) in [4.78, 5) is 17.5. The number of ether oxygens (including phenoxy) is 3. The van der Waals surface area contributed by atoms with Crippen molar-refractivity contribution in [3.63, 3.8) is 0 Å². The van der Waals surface area contributed by atoms with Crippen LogP contribution in [0.5, 0.6) is 17.2 Å². The molecule has 37 heavy (non-hydrogen) atoms. The van der Waals surface area contributed by atoms with Crippen LogP contribution >= 0.6 is 11.8 Å². The van der Waals surface area contributed by atoms with Crippen molar-refractivity contribution < 1.29 is 19.0 Å². The smallest absolute Gasteiger partial charge is 0.234 e. The Balaban J connectivity index is 1.66. The van der Waals surface area contributed by atoms with Crippen molar-refractivity contribution in [3.05, 3.63) is 84.4 Å². The molecule has 0 radical (unpaired) electrons. The zero-order chi connectivity index (χ0) is 26.2. The van der Waals surface area contributed by atoms with Crippen LogP contribution < -0.4 is 19.5 Å². The fraction of sp³-hybridized carbons (Fsp3) is 0.138. The molecule has 0 spiro atoms. The Kier molecular flexibility index (Phi) is 8.29. The molecular weight excluding hydrogens is 486 g/mol. The molecule has 0 aliphatic rings. The summed E-state index contributed by atoms with van der Waals surface area (Å²) >= 11 is 1.22. The van der Waals surface area contributed by atoms with Crippen molar-refractivity contribution in [3.8, 4) is 45.7 Å². The third-order valence-corrected chi connectivity index (χ3v) is 6.57. The summed E-state index contributed by atoms with van der Waals surface area (Å²) in [6.45, 7) is 0. The van der Waals surface area contributed by atoms with Crippen LogP contribution in [0.25, 0.3) is 22.4 Å². The van der Waals surface area contributed by atoms with E-state index in [0.29, 0.717) is 27.7 Å². The minimum atomic E-state index is -0.207. The number of aromatic nitrogens is 1. The number of nitriles is 1. The standard InChI is InChI=1S/C29H25N3O4S/c1-34-22-10-4-19(5-11-22)25-16-27(20-6-12-23(35-2)13-7-20)32-29(26(25)17-30)37-18-28(33)31-21-8-14-24(36-3)15-9-21/h4-16H,18H2,1-3H3,(H,31,33). The van der Waals surface area contributed by atoms with E-state index in [1.54, 1.807) is 45.6 Å². The molecule has 186 valence electrons. The summed E-state index contributed by atoms with van der Waals surface area (Å²) in [5.74, 6) is 2.04. The summed E-state index contributed by atoms with van der Waals surface area (Å²) in [5, 5.41) is 13.4. The van der Waals surface area contributed by atoms with Crippen molar-refractivity contribution in [1.29, 1.82) is 5.26 Å². The predicted molar refractivity (Wildman–Crippen MR) is 145 cm³/mol. The highest BCUT2D eigenvalue weighted by atomic mass is 32.2. The van der Waals surface area contributed by atoms with Crippen LogP contribution in [0.15, 0.2) is 83.9 Å². The van der Waals surface area contributed by atoms with E-state index in [2.05, 4.69) is 11.4 Å². The highest BCUT2D eigenvalue weighted by Crippen LogP contribution is 2.35. The van der Waals surface area contributed by atoms with E-state index >= 15 is 0 Å². The van der Waals surface area contributed by atoms with E-state index in [1.165, 1.54) is 11.8 Å². The molecule has 1 N–H and O–H groups in total. The lowest BCUT2D eigenvalue weighted by Crippen LogP contribution is -2.14. The molecule has 8 heteroatoms. The van der Waals surface area contributed by atoms with Crippen molar-refractivity contribution in [2.24, 2.45) is 0 Å². The third kappa shape index (κ3) is 6.21. The number of methoxy groups -OCH3 is 3. The van der Waals surface area contributed by atoms with Crippen molar-refractivity contribution in [2.45, 2.75) is 5.03 Å². The van der Waals surface area contributed by atoms with Gasteiger partial charge >= 0.3 is 0 Å². The first-order valence-electron chi connectivity index (χ1n) is 11.3. The number of thioether (sulfide) groups is 1. The Morgan fingerprint density at radius 2 is 1.35 bits per heavy atom. The third-order valence-electron chi connectivity index (χ3n) is 5.60. The van der Waals surface area contributed by atoms with E-state index in [0.717, 1.165) is 28.2 Å². The second kappa shape index (κ2) is 12.0. The van der Waals surface area contributed by atoms with Gasteiger partial charge in [0.05, 0.1) is 38.3 Å². The van der Waals surface area contributed by atoms with Gasteiger partial charge in [-0.1, -0.05) is 23.9 Å². The van der Waals surface area contributed by atoms with Crippen LogP contribution in [-0.2, 0) is 4.79 Å². The van der Waals surface area contributed by atoms with Crippen molar-refractivity contribution in [2.75, 3.05) is 32.4 Å². The van der Waals surface area contributed by atoms with E-state index in [9.17, 15) is 10.1 Å². The number of carbonyl (C=O) groups excluding carboxylic acids is 1. The summed E-state index contributed by atoms with van der Waals surface area (Å²) in [5.41, 5.74) is 4.19. The van der Waals surface area contributed by atoms with Gasteiger partial charge < -0.3 is 19.5 Å². The quantitative estimate of drug-likeness (QED) is 0.274. The lowest BCUT2D eigenvalue weighted by atomic mass is 9.99. The molecular formula is C29H25N3O4S. The van der Waals surface area contributed by atoms with Crippen LogP contribution in [-0.4, -0.2) is 38.0 Å².